The van der Waals surface area contributed by atoms with Gasteiger partial charge in [-0.1, -0.05) is 42.5 Å². The molecule has 0 unspecified atom stereocenters. The second kappa shape index (κ2) is 9.92. The molecule has 0 atom stereocenters. The smallest absolute Gasteiger partial charge is 0.220 e. The number of halogens is 1. The van der Waals surface area contributed by atoms with E-state index in [1.54, 1.807) is 30.0 Å². The number of methoxy groups -OCH3 is 1. The van der Waals surface area contributed by atoms with Crippen LogP contribution in [0, 0.1) is 5.82 Å². The Labute approximate surface area is 186 Å². The summed E-state index contributed by atoms with van der Waals surface area (Å²) in [6.45, 7) is 0.487. The minimum Gasteiger partial charge on any atom is -0.497 e. The van der Waals surface area contributed by atoms with Crippen LogP contribution in [-0.4, -0.2) is 22.8 Å². The molecule has 0 bridgehead atoms. The van der Waals surface area contributed by atoms with Gasteiger partial charge in [-0.05, 0) is 48.0 Å². The lowest BCUT2D eigenvalue weighted by atomic mass is 10.1. The number of ether oxygens (including phenoxy) is 1. The van der Waals surface area contributed by atoms with E-state index >= 15 is 0 Å². The monoisotopic (exact) mass is 429 g/mol. The summed E-state index contributed by atoms with van der Waals surface area (Å²) in [5.41, 5.74) is 3.63. The van der Waals surface area contributed by atoms with Crippen molar-refractivity contribution < 1.29 is 13.9 Å². The third-order valence-corrected chi connectivity index (χ3v) is 5.17. The van der Waals surface area contributed by atoms with E-state index in [1.165, 1.54) is 6.07 Å². The summed E-state index contributed by atoms with van der Waals surface area (Å²) in [4.78, 5) is 12.3. The number of nitrogens with one attached hydrogen (secondary N) is 1. The Hall–Kier alpha value is -3.93. The fourth-order valence-corrected chi connectivity index (χ4v) is 3.46. The van der Waals surface area contributed by atoms with E-state index in [0.717, 1.165) is 17.0 Å². The van der Waals surface area contributed by atoms with Crippen LogP contribution in [0.5, 0.6) is 5.75 Å². The van der Waals surface area contributed by atoms with Crippen LogP contribution in [0.1, 0.15) is 17.7 Å². The molecular weight excluding hydrogens is 405 g/mol. The lowest BCUT2D eigenvalue weighted by molar-refractivity contribution is -0.121. The van der Waals surface area contributed by atoms with Gasteiger partial charge in [-0.3, -0.25) is 4.79 Å². The number of nitrogens with zero attached hydrogens (tertiary/aromatic N) is 2. The van der Waals surface area contributed by atoms with Crippen LogP contribution in [0.2, 0.25) is 0 Å². The van der Waals surface area contributed by atoms with E-state index in [4.69, 9.17) is 4.74 Å². The Morgan fingerprint density at radius 2 is 1.72 bits per heavy atom. The van der Waals surface area contributed by atoms with Gasteiger partial charge in [0.1, 0.15) is 11.6 Å². The zero-order valence-corrected chi connectivity index (χ0v) is 17.8. The SMILES string of the molecule is COc1ccc(-n2nc(CCC(=O)NCc3ccccc3)cc2-c2ccccc2F)cc1. The van der Waals surface area contributed by atoms with Crippen LogP contribution in [0.25, 0.3) is 16.9 Å². The normalized spacial score (nSPS) is 10.7. The van der Waals surface area contributed by atoms with Gasteiger partial charge in [0.2, 0.25) is 5.91 Å². The standard InChI is InChI=1S/C26H24FN3O2/c1-32-22-14-12-21(13-15-22)30-25(23-9-5-6-10-24(23)27)17-20(29-30)11-16-26(31)28-18-19-7-3-2-4-8-19/h2-10,12-15,17H,11,16,18H2,1H3,(H,28,31). The van der Waals surface area contributed by atoms with Crippen molar-refractivity contribution in [2.75, 3.05) is 7.11 Å². The molecule has 4 aromatic rings. The van der Waals surface area contributed by atoms with Crippen LogP contribution in [0.4, 0.5) is 4.39 Å². The lowest BCUT2D eigenvalue weighted by Crippen LogP contribution is -2.23. The number of amides is 1. The van der Waals surface area contributed by atoms with Gasteiger partial charge in [-0.25, -0.2) is 9.07 Å². The van der Waals surface area contributed by atoms with E-state index < -0.39 is 0 Å². The fourth-order valence-electron chi connectivity index (χ4n) is 3.46. The van der Waals surface area contributed by atoms with E-state index in [2.05, 4.69) is 10.4 Å². The molecule has 32 heavy (non-hydrogen) atoms. The molecule has 1 heterocycles. The summed E-state index contributed by atoms with van der Waals surface area (Å²) in [7, 11) is 1.61. The van der Waals surface area contributed by atoms with Gasteiger partial charge in [0, 0.05) is 24.9 Å². The quantitative estimate of drug-likeness (QED) is 0.432. The highest BCUT2D eigenvalue weighted by Gasteiger charge is 2.16. The van der Waals surface area contributed by atoms with Gasteiger partial charge in [0.25, 0.3) is 0 Å². The van der Waals surface area contributed by atoms with Crippen LogP contribution >= 0.6 is 0 Å². The average Bonchev–Trinajstić information content (AvgIpc) is 3.26. The Bertz CT molecular complexity index is 1190. The largest absolute Gasteiger partial charge is 0.497 e. The topological polar surface area (TPSA) is 56.2 Å². The van der Waals surface area contributed by atoms with Crippen molar-refractivity contribution in [1.82, 2.24) is 15.1 Å². The van der Waals surface area contributed by atoms with Gasteiger partial charge < -0.3 is 10.1 Å². The highest BCUT2D eigenvalue weighted by atomic mass is 19.1. The number of benzene rings is 3. The lowest BCUT2D eigenvalue weighted by Gasteiger charge is -2.09. The molecule has 1 N–H and O–H groups in total. The van der Waals surface area contributed by atoms with E-state index in [0.29, 0.717) is 36.3 Å². The number of rotatable bonds is 8. The third kappa shape index (κ3) is 5.03. The predicted octanol–water partition coefficient (Wildman–Crippen LogP) is 4.94. The molecular formula is C26H24FN3O2. The molecule has 3 aromatic carbocycles. The maximum absolute atomic E-state index is 14.5. The minimum atomic E-state index is -0.325. The maximum atomic E-state index is 14.5. The number of aryl methyl sites for hydroxylation is 1. The number of carbonyl (C=O) groups excluding carboxylic acids is 1. The first-order chi connectivity index (χ1) is 15.6. The second-order valence-corrected chi connectivity index (χ2v) is 7.37. The summed E-state index contributed by atoms with van der Waals surface area (Å²) in [5, 5.41) is 7.60. The van der Waals surface area contributed by atoms with Crippen LogP contribution < -0.4 is 10.1 Å². The third-order valence-electron chi connectivity index (χ3n) is 5.17. The summed E-state index contributed by atoms with van der Waals surface area (Å²) in [6.07, 6.45) is 0.744. The van der Waals surface area contributed by atoms with Crippen LogP contribution in [-0.2, 0) is 17.8 Å². The van der Waals surface area contributed by atoms with Gasteiger partial charge in [-0.2, -0.15) is 5.10 Å². The van der Waals surface area contributed by atoms with Crippen molar-refractivity contribution in [2.45, 2.75) is 19.4 Å². The highest BCUT2D eigenvalue weighted by molar-refractivity contribution is 5.76. The zero-order valence-electron chi connectivity index (χ0n) is 17.8. The first-order valence-electron chi connectivity index (χ1n) is 10.4. The van der Waals surface area contributed by atoms with Crippen molar-refractivity contribution in [3.05, 3.63) is 102 Å². The Morgan fingerprint density at radius 3 is 2.44 bits per heavy atom. The molecule has 162 valence electrons. The fraction of sp³-hybridized carbons (Fsp3) is 0.154. The number of aromatic nitrogens is 2. The van der Waals surface area contributed by atoms with Gasteiger partial charge in [0.05, 0.1) is 24.2 Å². The zero-order chi connectivity index (χ0) is 22.3. The van der Waals surface area contributed by atoms with Crippen molar-refractivity contribution >= 4 is 5.91 Å². The Morgan fingerprint density at radius 1 is 1.00 bits per heavy atom. The average molecular weight is 429 g/mol. The van der Waals surface area contributed by atoms with Gasteiger partial charge >= 0.3 is 0 Å². The van der Waals surface area contributed by atoms with Crippen molar-refractivity contribution in [3.63, 3.8) is 0 Å². The van der Waals surface area contributed by atoms with Crippen molar-refractivity contribution in [3.8, 4) is 22.7 Å². The first-order valence-corrected chi connectivity index (χ1v) is 10.4. The van der Waals surface area contributed by atoms with Crippen molar-refractivity contribution in [1.29, 1.82) is 0 Å². The Kier molecular flexibility index (Phi) is 6.60. The molecule has 0 aliphatic rings. The number of carbonyl (C=O) groups is 1. The number of hydrogen-bond donors (Lipinski definition) is 1. The van der Waals surface area contributed by atoms with E-state index in [-0.39, 0.29) is 11.7 Å². The second-order valence-electron chi connectivity index (χ2n) is 7.37. The van der Waals surface area contributed by atoms with Gasteiger partial charge in [-0.15, -0.1) is 0 Å². The molecule has 1 aromatic heterocycles. The molecule has 6 heteroatoms. The molecule has 0 spiro atoms. The molecule has 1 amide bonds. The maximum Gasteiger partial charge on any atom is 0.220 e. The van der Waals surface area contributed by atoms with E-state index in [9.17, 15) is 9.18 Å². The summed E-state index contributed by atoms with van der Waals surface area (Å²) in [5.74, 6) is 0.346. The molecule has 0 aliphatic heterocycles. The molecule has 0 saturated carbocycles. The van der Waals surface area contributed by atoms with E-state index in [1.807, 2.05) is 60.7 Å². The number of hydrogen-bond acceptors (Lipinski definition) is 3. The van der Waals surface area contributed by atoms with Gasteiger partial charge in [0.15, 0.2) is 0 Å². The first kappa shape index (κ1) is 21.3. The molecule has 0 radical (unpaired) electrons. The van der Waals surface area contributed by atoms with Crippen LogP contribution in [0.3, 0.4) is 0 Å². The highest BCUT2D eigenvalue weighted by Crippen LogP contribution is 2.27. The minimum absolute atomic E-state index is 0.0553. The molecule has 0 saturated heterocycles. The summed E-state index contributed by atoms with van der Waals surface area (Å²) in [6, 6.07) is 25.6. The molecule has 5 nitrogen and oxygen atoms in total. The van der Waals surface area contributed by atoms with Crippen LogP contribution in [0.15, 0.2) is 84.9 Å². The molecule has 4 rings (SSSR count). The molecule has 0 fully saturated rings. The summed E-state index contributed by atoms with van der Waals surface area (Å²) >= 11 is 0. The summed E-state index contributed by atoms with van der Waals surface area (Å²) < 4.78 is 21.5. The predicted molar refractivity (Wildman–Crippen MR) is 122 cm³/mol. The molecule has 0 aliphatic carbocycles. The van der Waals surface area contributed by atoms with Crippen molar-refractivity contribution in [2.24, 2.45) is 0 Å². The Balaban J connectivity index is 1.53.